The van der Waals surface area contributed by atoms with Crippen molar-refractivity contribution in [3.8, 4) is 0 Å². The maximum absolute atomic E-state index is 3.23. The van der Waals surface area contributed by atoms with Crippen molar-refractivity contribution in [1.82, 2.24) is 5.43 Å². The van der Waals surface area contributed by atoms with Crippen molar-refractivity contribution in [2.45, 2.75) is 33.6 Å². The number of anilines is 1. The third kappa shape index (κ3) is 5.71. The van der Waals surface area contributed by atoms with Crippen LogP contribution in [0.1, 0.15) is 32.8 Å². The van der Waals surface area contributed by atoms with Crippen LogP contribution >= 0.6 is 0 Å². The summed E-state index contributed by atoms with van der Waals surface area (Å²) in [7, 11) is 0. The lowest BCUT2D eigenvalue weighted by molar-refractivity contribution is 0.560. The third-order valence-electron chi connectivity index (χ3n) is 2.41. The van der Waals surface area contributed by atoms with Crippen molar-refractivity contribution in [2.24, 2.45) is 5.92 Å². The topological polar surface area (TPSA) is 24.1 Å². The second kappa shape index (κ2) is 8.11. The standard InChI is InChI=1S/C13H22N2.FH/c1-4-12-6-5-7-13(10-12)15-14-9-8-11(2)3;/h5-7,10-11,14-15H,4,8-9H2,1-3H3;1H. The number of aryl methyl sites for hydroxylation is 1. The molecular weight excluding hydrogens is 203 g/mol. The lowest BCUT2D eigenvalue weighted by atomic mass is 10.1. The quantitative estimate of drug-likeness (QED) is 0.574. The van der Waals surface area contributed by atoms with Gasteiger partial charge < -0.3 is 5.43 Å². The summed E-state index contributed by atoms with van der Waals surface area (Å²) < 4.78 is 0. The monoisotopic (exact) mass is 226 g/mol. The number of nitrogens with one attached hydrogen (secondary N) is 2. The van der Waals surface area contributed by atoms with Gasteiger partial charge in [-0.2, -0.15) is 0 Å². The molecule has 0 heterocycles. The maximum atomic E-state index is 3.23. The molecule has 1 aromatic rings. The second-order valence-electron chi connectivity index (χ2n) is 4.29. The molecule has 0 aliphatic rings. The zero-order chi connectivity index (χ0) is 11.1. The van der Waals surface area contributed by atoms with Gasteiger partial charge in [-0.1, -0.05) is 32.9 Å². The number of benzene rings is 1. The Kier molecular flexibility index (Phi) is 7.56. The van der Waals surface area contributed by atoms with Crippen LogP contribution < -0.4 is 10.9 Å². The highest BCUT2D eigenvalue weighted by Gasteiger charge is 1.94. The fourth-order valence-corrected chi connectivity index (χ4v) is 1.39. The Morgan fingerprint density at radius 1 is 1.25 bits per heavy atom. The van der Waals surface area contributed by atoms with Gasteiger partial charge in [-0.25, -0.2) is 5.43 Å². The van der Waals surface area contributed by atoms with Crippen molar-refractivity contribution in [3.63, 3.8) is 0 Å². The van der Waals surface area contributed by atoms with Crippen molar-refractivity contribution < 1.29 is 4.70 Å². The molecule has 0 amide bonds. The lowest BCUT2D eigenvalue weighted by Gasteiger charge is -2.10. The van der Waals surface area contributed by atoms with Crippen LogP contribution in [0.15, 0.2) is 24.3 Å². The first-order valence-corrected chi connectivity index (χ1v) is 5.80. The van der Waals surface area contributed by atoms with Crippen LogP contribution in [0.5, 0.6) is 0 Å². The molecule has 0 saturated carbocycles. The first-order chi connectivity index (χ1) is 7.22. The second-order valence-corrected chi connectivity index (χ2v) is 4.29. The van der Waals surface area contributed by atoms with Gasteiger partial charge in [-0.15, -0.1) is 0 Å². The highest BCUT2D eigenvalue weighted by atomic mass is 19.0. The first-order valence-electron chi connectivity index (χ1n) is 5.80. The third-order valence-corrected chi connectivity index (χ3v) is 2.41. The highest BCUT2D eigenvalue weighted by molar-refractivity contribution is 5.44. The van der Waals surface area contributed by atoms with Gasteiger partial charge in [-0.05, 0) is 36.5 Å². The lowest BCUT2D eigenvalue weighted by Crippen LogP contribution is -2.23. The summed E-state index contributed by atoms with van der Waals surface area (Å²) in [6.45, 7) is 7.65. The molecular formula is C13H23FN2. The molecule has 0 atom stereocenters. The van der Waals surface area contributed by atoms with Crippen molar-refractivity contribution in [3.05, 3.63) is 29.8 Å². The van der Waals surface area contributed by atoms with Crippen LogP contribution in [-0.2, 0) is 6.42 Å². The van der Waals surface area contributed by atoms with Gasteiger partial charge >= 0.3 is 0 Å². The summed E-state index contributed by atoms with van der Waals surface area (Å²) in [5, 5.41) is 0. The van der Waals surface area contributed by atoms with E-state index in [2.05, 4.69) is 55.9 Å². The SMILES string of the molecule is CCc1cccc(NNCCC(C)C)c1.F. The molecule has 0 saturated heterocycles. The van der Waals surface area contributed by atoms with Crippen LogP contribution in [0.2, 0.25) is 0 Å². The summed E-state index contributed by atoms with van der Waals surface area (Å²) in [5.41, 5.74) is 8.98. The molecule has 0 fully saturated rings. The number of rotatable bonds is 6. The Hall–Kier alpha value is -1.09. The molecule has 0 aromatic heterocycles. The molecule has 0 radical (unpaired) electrons. The number of hydrazine groups is 1. The summed E-state index contributed by atoms with van der Waals surface area (Å²) in [5.74, 6) is 0.751. The van der Waals surface area contributed by atoms with Gasteiger partial charge in [0, 0.05) is 12.2 Å². The summed E-state index contributed by atoms with van der Waals surface area (Å²) in [4.78, 5) is 0. The van der Waals surface area contributed by atoms with E-state index in [0.29, 0.717) is 0 Å². The molecule has 2 N–H and O–H groups in total. The smallest absolute Gasteiger partial charge is 0.0490 e. The molecule has 92 valence electrons. The highest BCUT2D eigenvalue weighted by Crippen LogP contribution is 2.09. The van der Waals surface area contributed by atoms with Gasteiger partial charge in [-0.3, -0.25) is 4.70 Å². The predicted molar refractivity (Wildman–Crippen MR) is 69.4 cm³/mol. The van der Waals surface area contributed by atoms with Gasteiger partial charge in [0.2, 0.25) is 0 Å². The van der Waals surface area contributed by atoms with Crippen molar-refractivity contribution in [2.75, 3.05) is 12.0 Å². The number of hydrogen-bond donors (Lipinski definition) is 2. The average molecular weight is 226 g/mol. The van der Waals surface area contributed by atoms with Gasteiger partial charge in [0.05, 0.1) is 0 Å². The number of halogens is 1. The van der Waals surface area contributed by atoms with E-state index in [1.54, 1.807) is 0 Å². The Bertz CT molecular complexity index is 287. The number of hydrogen-bond acceptors (Lipinski definition) is 2. The average Bonchev–Trinajstić information content (AvgIpc) is 2.24. The fourth-order valence-electron chi connectivity index (χ4n) is 1.39. The predicted octanol–water partition coefficient (Wildman–Crippen LogP) is 3.36. The van der Waals surface area contributed by atoms with Crippen LogP contribution in [0, 0.1) is 5.92 Å². The summed E-state index contributed by atoms with van der Waals surface area (Å²) in [6, 6.07) is 8.51. The van der Waals surface area contributed by atoms with E-state index in [9.17, 15) is 0 Å². The van der Waals surface area contributed by atoms with E-state index in [1.807, 2.05) is 0 Å². The van der Waals surface area contributed by atoms with Crippen LogP contribution in [-0.4, -0.2) is 6.54 Å². The Morgan fingerprint density at radius 3 is 2.62 bits per heavy atom. The van der Waals surface area contributed by atoms with Gasteiger partial charge in [0.25, 0.3) is 0 Å². The fraction of sp³-hybridized carbons (Fsp3) is 0.538. The van der Waals surface area contributed by atoms with E-state index in [0.717, 1.165) is 24.6 Å². The van der Waals surface area contributed by atoms with E-state index < -0.39 is 0 Å². The minimum absolute atomic E-state index is 0. The van der Waals surface area contributed by atoms with E-state index in [4.69, 9.17) is 0 Å². The summed E-state index contributed by atoms with van der Waals surface area (Å²) in [6.07, 6.45) is 2.28. The van der Waals surface area contributed by atoms with Crippen molar-refractivity contribution in [1.29, 1.82) is 0 Å². The van der Waals surface area contributed by atoms with Crippen molar-refractivity contribution >= 4 is 5.69 Å². The molecule has 0 aliphatic carbocycles. The van der Waals surface area contributed by atoms with Gasteiger partial charge in [0.15, 0.2) is 0 Å². The molecule has 1 aromatic carbocycles. The molecule has 16 heavy (non-hydrogen) atoms. The van der Waals surface area contributed by atoms with Crippen LogP contribution in [0.3, 0.4) is 0 Å². The van der Waals surface area contributed by atoms with Crippen LogP contribution in [0.25, 0.3) is 0 Å². The molecule has 0 unspecified atom stereocenters. The minimum Gasteiger partial charge on any atom is -0.322 e. The normalized spacial score (nSPS) is 10.0. The minimum atomic E-state index is 0. The maximum Gasteiger partial charge on any atom is 0.0490 e. The molecule has 3 heteroatoms. The largest absolute Gasteiger partial charge is 0.322 e. The molecule has 0 spiro atoms. The van der Waals surface area contributed by atoms with E-state index in [-0.39, 0.29) is 4.70 Å². The first kappa shape index (κ1) is 14.9. The van der Waals surface area contributed by atoms with Crippen LogP contribution in [0.4, 0.5) is 10.4 Å². The molecule has 1 rings (SSSR count). The van der Waals surface area contributed by atoms with Gasteiger partial charge in [0.1, 0.15) is 0 Å². The molecule has 2 nitrogen and oxygen atoms in total. The Labute approximate surface area is 97.8 Å². The summed E-state index contributed by atoms with van der Waals surface area (Å²) >= 11 is 0. The zero-order valence-electron chi connectivity index (χ0n) is 10.4. The zero-order valence-corrected chi connectivity index (χ0v) is 10.4. The Balaban J connectivity index is 0.00000225. The van der Waals surface area contributed by atoms with E-state index >= 15 is 0 Å². The molecule has 0 bridgehead atoms. The van der Waals surface area contributed by atoms with E-state index in [1.165, 1.54) is 12.0 Å². The molecule has 0 aliphatic heterocycles. The Morgan fingerprint density at radius 2 is 2.00 bits per heavy atom.